The normalized spacial score (nSPS) is 12.4. The summed E-state index contributed by atoms with van der Waals surface area (Å²) in [6.45, 7) is 0. The van der Waals surface area contributed by atoms with Crippen LogP contribution < -0.4 is 5.73 Å². The molecule has 0 amide bonds. The van der Waals surface area contributed by atoms with Crippen molar-refractivity contribution >= 4 is 0 Å². The number of aromatic amines is 1. The highest BCUT2D eigenvalue weighted by Crippen LogP contribution is 2.19. The predicted octanol–water partition coefficient (Wildman–Crippen LogP) is 1.41. The van der Waals surface area contributed by atoms with E-state index < -0.39 is 6.04 Å². The smallest absolute Gasteiger partial charge is 0.244 e. The Balaban J connectivity index is 1.74. The number of hydrogen-bond donors (Lipinski definition) is 3. The van der Waals surface area contributed by atoms with Gasteiger partial charge >= 0.3 is 0 Å². The molecular weight excluding hydrogens is 258 g/mol. The van der Waals surface area contributed by atoms with Crippen molar-refractivity contribution in [2.45, 2.75) is 12.5 Å². The van der Waals surface area contributed by atoms with Gasteiger partial charge in [-0.1, -0.05) is 17.3 Å². The molecule has 0 radical (unpaired) electrons. The van der Waals surface area contributed by atoms with Gasteiger partial charge in [-0.25, -0.2) is 4.98 Å². The van der Waals surface area contributed by atoms with Crippen molar-refractivity contribution in [3.8, 4) is 17.4 Å². The molecule has 0 aliphatic heterocycles. The molecular formula is C13H13N5O2. The number of benzene rings is 1. The van der Waals surface area contributed by atoms with Crippen LogP contribution in [0, 0.1) is 0 Å². The fraction of sp³-hybridized carbons (Fsp3) is 0.154. The first kappa shape index (κ1) is 12.4. The summed E-state index contributed by atoms with van der Waals surface area (Å²) >= 11 is 0. The Kier molecular flexibility index (Phi) is 3.18. The third-order valence-electron chi connectivity index (χ3n) is 2.86. The molecule has 0 bridgehead atoms. The van der Waals surface area contributed by atoms with E-state index in [4.69, 9.17) is 10.3 Å². The zero-order valence-electron chi connectivity index (χ0n) is 10.5. The highest BCUT2D eigenvalue weighted by atomic mass is 16.5. The second-order valence-electron chi connectivity index (χ2n) is 4.37. The second kappa shape index (κ2) is 5.14. The molecule has 3 rings (SSSR count). The van der Waals surface area contributed by atoms with Crippen LogP contribution in [0.15, 0.2) is 41.2 Å². The number of rotatable bonds is 4. The Labute approximate surface area is 114 Å². The van der Waals surface area contributed by atoms with Gasteiger partial charge in [0.15, 0.2) is 5.82 Å². The van der Waals surface area contributed by atoms with E-state index in [2.05, 4.69) is 20.1 Å². The maximum Gasteiger partial charge on any atom is 0.244 e. The first-order valence-corrected chi connectivity index (χ1v) is 6.09. The van der Waals surface area contributed by atoms with E-state index in [9.17, 15) is 5.11 Å². The molecule has 0 saturated carbocycles. The second-order valence-corrected chi connectivity index (χ2v) is 4.37. The van der Waals surface area contributed by atoms with Crippen LogP contribution in [0.5, 0.6) is 5.75 Å². The lowest BCUT2D eigenvalue weighted by atomic mass is 10.1. The van der Waals surface area contributed by atoms with Crippen LogP contribution in [0.3, 0.4) is 0 Å². The van der Waals surface area contributed by atoms with Gasteiger partial charge in [0.1, 0.15) is 5.75 Å². The number of nitrogens with zero attached hydrogens (tertiary/aromatic N) is 3. The maximum absolute atomic E-state index is 9.23. The van der Waals surface area contributed by atoms with Crippen LogP contribution >= 0.6 is 0 Å². The molecule has 7 nitrogen and oxygen atoms in total. The zero-order valence-corrected chi connectivity index (χ0v) is 10.5. The molecule has 2 heterocycles. The Morgan fingerprint density at radius 2 is 2.10 bits per heavy atom. The van der Waals surface area contributed by atoms with Crippen molar-refractivity contribution in [1.82, 2.24) is 20.1 Å². The fourth-order valence-corrected chi connectivity index (χ4v) is 1.84. The highest BCUT2D eigenvalue weighted by molar-refractivity contribution is 5.40. The van der Waals surface area contributed by atoms with Crippen molar-refractivity contribution in [1.29, 1.82) is 0 Å². The third kappa shape index (κ3) is 2.52. The summed E-state index contributed by atoms with van der Waals surface area (Å²) in [5.74, 6) is 1.49. The van der Waals surface area contributed by atoms with Crippen molar-refractivity contribution in [3.05, 3.63) is 48.1 Å². The van der Waals surface area contributed by atoms with Crippen LogP contribution in [0.4, 0.5) is 0 Å². The fourth-order valence-electron chi connectivity index (χ4n) is 1.84. The average Bonchev–Trinajstić information content (AvgIpc) is 3.11. The minimum atomic E-state index is -0.407. The van der Waals surface area contributed by atoms with E-state index >= 15 is 0 Å². The van der Waals surface area contributed by atoms with Gasteiger partial charge in [-0.15, -0.1) is 0 Å². The number of aromatic hydroxyl groups is 1. The van der Waals surface area contributed by atoms with Crippen LogP contribution in [0.1, 0.15) is 17.5 Å². The van der Waals surface area contributed by atoms with Gasteiger partial charge in [0.05, 0.1) is 6.04 Å². The van der Waals surface area contributed by atoms with Gasteiger partial charge in [-0.2, -0.15) is 4.98 Å². The largest absolute Gasteiger partial charge is 0.508 e. The third-order valence-corrected chi connectivity index (χ3v) is 2.86. The SMILES string of the molecule is N[C@@H](Cc1ccc(O)cc1)c1nc(-c2ncc[nH]2)no1. The van der Waals surface area contributed by atoms with E-state index in [0.717, 1.165) is 5.56 Å². The molecule has 0 spiro atoms. The van der Waals surface area contributed by atoms with Crippen molar-refractivity contribution in [3.63, 3.8) is 0 Å². The van der Waals surface area contributed by atoms with Gasteiger partial charge < -0.3 is 20.3 Å². The lowest BCUT2D eigenvalue weighted by Gasteiger charge is -2.06. The molecule has 20 heavy (non-hydrogen) atoms. The average molecular weight is 271 g/mol. The van der Waals surface area contributed by atoms with Crippen molar-refractivity contribution in [2.75, 3.05) is 0 Å². The topological polar surface area (TPSA) is 114 Å². The monoisotopic (exact) mass is 271 g/mol. The zero-order chi connectivity index (χ0) is 13.9. The van der Waals surface area contributed by atoms with Crippen LogP contribution in [-0.4, -0.2) is 25.2 Å². The molecule has 0 fully saturated rings. The predicted molar refractivity (Wildman–Crippen MR) is 70.6 cm³/mol. The van der Waals surface area contributed by atoms with Gasteiger partial charge in [0, 0.05) is 12.4 Å². The standard InChI is InChI=1S/C13H13N5O2/c14-10(7-8-1-3-9(19)4-2-8)13-17-12(18-20-13)11-15-5-6-16-11/h1-6,10,19H,7,14H2,(H,15,16)/t10-/m0/s1. The quantitative estimate of drug-likeness (QED) is 0.661. The molecule has 0 aliphatic rings. The van der Waals surface area contributed by atoms with Crippen molar-refractivity contribution in [2.24, 2.45) is 5.73 Å². The number of phenols is 1. The summed E-state index contributed by atoms with van der Waals surface area (Å²) in [4.78, 5) is 11.2. The molecule has 1 aromatic carbocycles. The molecule has 0 saturated heterocycles. The number of aromatic nitrogens is 4. The number of nitrogens with two attached hydrogens (primary N) is 1. The Morgan fingerprint density at radius 1 is 1.30 bits per heavy atom. The summed E-state index contributed by atoms with van der Waals surface area (Å²) in [6.07, 6.45) is 3.84. The van der Waals surface area contributed by atoms with Gasteiger partial charge in [0.2, 0.25) is 11.7 Å². The summed E-state index contributed by atoms with van der Waals surface area (Å²) in [7, 11) is 0. The lowest BCUT2D eigenvalue weighted by Crippen LogP contribution is -2.13. The molecule has 102 valence electrons. The molecule has 4 N–H and O–H groups in total. The van der Waals surface area contributed by atoms with E-state index in [1.54, 1.807) is 36.7 Å². The Hall–Kier alpha value is -2.67. The van der Waals surface area contributed by atoms with Gasteiger partial charge in [0.25, 0.3) is 0 Å². The van der Waals surface area contributed by atoms with Crippen LogP contribution in [0.25, 0.3) is 11.6 Å². The van der Waals surface area contributed by atoms with Gasteiger partial charge in [-0.3, -0.25) is 0 Å². The maximum atomic E-state index is 9.23. The molecule has 1 atom stereocenters. The number of imidazole rings is 1. The summed E-state index contributed by atoms with van der Waals surface area (Å²) < 4.78 is 5.15. The van der Waals surface area contributed by atoms with Gasteiger partial charge in [-0.05, 0) is 24.1 Å². The first-order chi connectivity index (χ1) is 9.72. The molecule has 0 aliphatic carbocycles. The van der Waals surface area contributed by atoms with E-state index in [1.165, 1.54) is 0 Å². The highest BCUT2D eigenvalue weighted by Gasteiger charge is 2.17. The molecule has 2 aromatic heterocycles. The Morgan fingerprint density at radius 3 is 2.80 bits per heavy atom. The molecule has 3 aromatic rings. The van der Waals surface area contributed by atoms with Crippen LogP contribution in [-0.2, 0) is 6.42 Å². The summed E-state index contributed by atoms with van der Waals surface area (Å²) in [5.41, 5.74) is 7.02. The first-order valence-electron chi connectivity index (χ1n) is 6.09. The molecule has 0 unspecified atom stereocenters. The number of nitrogens with one attached hydrogen (secondary N) is 1. The number of hydrogen-bond acceptors (Lipinski definition) is 6. The van der Waals surface area contributed by atoms with E-state index in [-0.39, 0.29) is 5.75 Å². The van der Waals surface area contributed by atoms with E-state index in [1.807, 2.05) is 0 Å². The number of phenolic OH excluding ortho intramolecular Hbond substituents is 1. The minimum Gasteiger partial charge on any atom is -0.508 e. The minimum absolute atomic E-state index is 0.222. The summed E-state index contributed by atoms with van der Waals surface area (Å²) in [5, 5.41) is 13.1. The number of H-pyrrole nitrogens is 1. The molecule has 7 heteroatoms. The van der Waals surface area contributed by atoms with Crippen molar-refractivity contribution < 1.29 is 9.63 Å². The van der Waals surface area contributed by atoms with E-state index in [0.29, 0.717) is 24.0 Å². The van der Waals surface area contributed by atoms with Crippen LogP contribution in [0.2, 0.25) is 0 Å². The lowest BCUT2D eigenvalue weighted by molar-refractivity contribution is 0.354. The Bertz CT molecular complexity index is 675. The summed E-state index contributed by atoms with van der Waals surface area (Å²) in [6, 6.07) is 6.43.